The van der Waals surface area contributed by atoms with Gasteiger partial charge < -0.3 is 9.64 Å². The molecule has 1 aliphatic carbocycles. The molecule has 248 valence electrons. The van der Waals surface area contributed by atoms with Crippen molar-refractivity contribution in [3.05, 3.63) is 59.8 Å². The summed E-state index contributed by atoms with van der Waals surface area (Å²) in [5.74, 6) is 0.446. The van der Waals surface area contributed by atoms with E-state index >= 15 is 0 Å². The minimum Gasteiger partial charge on any atom is -0.477 e. The summed E-state index contributed by atoms with van der Waals surface area (Å²) in [7, 11) is -4.15. The van der Waals surface area contributed by atoms with E-state index in [0.29, 0.717) is 24.1 Å². The van der Waals surface area contributed by atoms with Gasteiger partial charge in [0.2, 0.25) is 5.88 Å². The molecule has 4 aliphatic rings. The lowest BCUT2D eigenvalue weighted by molar-refractivity contribution is -0.190. The third-order valence-electron chi connectivity index (χ3n) is 9.69. The van der Waals surface area contributed by atoms with Gasteiger partial charge in [-0.2, -0.15) is 13.2 Å². The van der Waals surface area contributed by atoms with Crippen LogP contribution in [0.15, 0.2) is 53.6 Å². The minimum absolute atomic E-state index is 0.00493. The van der Waals surface area contributed by atoms with Crippen LogP contribution in [0.2, 0.25) is 0 Å². The first-order chi connectivity index (χ1) is 21.8. The molecule has 46 heavy (non-hydrogen) atoms. The zero-order chi connectivity index (χ0) is 32.7. The van der Waals surface area contributed by atoms with Crippen LogP contribution in [0.25, 0.3) is 5.82 Å². The summed E-state index contributed by atoms with van der Waals surface area (Å²) in [4.78, 5) is 20.6. The molecule has 7 rings (SSSR count). The number of aryl methyl sites for hydroxylation is 1. The summed E-state index contributed by atoms with van der Waals surface area (Å²) < 4.78 is 75.7. The van der Waals surface area contributed by atoms with Crippen LogP contribution in [-0.4, -0.2) is 54.0 Å². The number of amides is 1. The Morgan fingerprint density at radius 2 is 1.76 bits per heavy atom. The number of nitrogens with zero attached hydrogens (tertiary/aromatic N) is 4. The molecule has 1 atom stereocenters. The average Bonchev–Trinajstić information content (AvgIpc) is 3.55. The van der Waals surface area contributed by atoms with Crippen molar-refractivity contribution in [3.63, 3.8) is 0 Å². The van der Waals surface area contributed by atoms with Gasteiger partial charge in [-0.25, -0.2) is 22.8 Å². The molecule has 1 unspecified atom stereocenters. The number of halogens is 3. The van der Waals surface area contributed by atoms with Gasteiger partial charge in [0.1, 0.15) is 5.82 Å². The van der Waals surface area contributed by atoms with Crippen LogP contribution in [0, 0.1) is 11.3 Å². The van der Waals surface area contributed by atoms with Crippen molar-refractivity contribution in [2.75, 3.05) is 18.1 Å². The molecule has 0 radical (unpaired) electrons. The Hall–Kier alpha value is -3.61. The second kappa shape index (κ2) is 12.2. The Morgan fingerprint density at radius 1 is 1.02 bits per heavy atom. The predicted molar refractivity (Wildman–Crippen MR) is 167 cm³/mol. The first-order valence-corrected chi connectivity index (χ1v) is 17.5. The maximum atomic E-state index is 13.7. The summed E-state index contributed by atoms with van der Waals surface area (Å²) in [5, 5.41) is 4.37. The number of sulfonamides is 1. The number of rotatable bonds is 5. The van der Waals surface area contributed by atoms with Crippen molar-refractivity contribution in [1.82, 2.24) is 19.5 Å². The lowest BCUT2D eigenvalue weighted by Crippen LogP contribution is -2.41. The molecule has 1 saturated carbocycles. The molecule has 1 N–H and O–H groups in total. The quantitative estimate of drug-likeness (QED) is 0.329. The highest BCUT2D eigenvalue weighted by atomic mass is 32.2. The molecule has 9 nitrogen and oxygen atoms in total. The molecule has 0 spiro atoms. The van der Waals surface area contributed by atoms with Crippen LogP contribution in [0.1, 0.15) is 87.6 Å². The van der Waals surface area contributed by atoms with Crippen LogP contribution in [-0.2, 0) is 16.4 Å². The fraction of sp³-hybridized carbons (Fsp3) is 0.545. The number of aromatic nitrogens is 3. The molecule has 13 heteroatoms. The summed E-state index contributed by atoms with van der Waals surface area (Å²) in [6.07, 6.45) is 4.60. The Labute approximate surface area is 267 Å². The molecular formula is C33H40F3N5O4S. The highest BCUT2D eigenvalue weighted by Crippen LogP contribution is 2.59. The van der Waals surface area contributed by atoms with Crippen LogP contribution < -0.4 is 14.4 Å². The normalized spacial score (nSPS) is 22.4. The van der Waals surface area contributed by atoms with E-state index < -0.39 is 27.5 Å². The Balaban J connectivity index is 1.29. The fourth-order valence-electron chi connectivity index (χ4n) is 6.78. The summed E-state index contributed by atoms with van der Waals surface area (Å²) >= 11 is 0. The van der Waals surface area contributed by atoms with Gasteiger partial charge in [-0.05, 0) is 94.5 Å². The fourth-order valence-corrected chi connectivity index (χ4v) is 7.74. The second-order valence-electron chi connectivity index (χ2n) is 13.5. The molecule has 1 amide bonds. The van der Waals surface area contributed by atoms with E-state index in [2.05, 4.69) is 28.6 Å². The van der Waals surface area contributed by atoms with Crippen molar-refractivity contribution in [2.24, 2.45) is 11.3 Å². The largest absolute Gasteiger partial charge is 0.477 e. The maximum absolute atomic E-state index is 13.7. The third kappa shape index (κ3) is 6.74. The molecule has 1 aromatic carbocycles. The molecular weight excluding hydrogens is 619 g/mol. The van der Waals surface area contributed by atoms with E-state index in [1.54, 1.807) is 30.5 Å². The van der Waals surface area contributed by atoms with Crippen LogP contribution in [0.4, 0.5) is 19.0 Å². The van der Waals surface area contributed by atoms with Crippen LogP contribution in [0.3, 0.4) is 0 Å². The molecule has 1 saturated heterocycles. The Bertz CT molecular complexity index is 1680. The molecule has 3 aliphatic heterocycles. The van der Waals surface area contributed by atoms with Gasteiger partial charge in [0.05, 0.1) is 22.5 Å². The van der Waals surface area contributed by atoms with Gasteiger partial charge in [0, 0.05) is 24.3 Å². The molecule has 5 heterocycles. The first kappa shape index (κ1) is 32.3. The standard InChI is InChI=1S/C33H40F3N5O4S/c1-31(2)21-24-8-6-4-3-5-7-23-9-11-25(12-10-23)46(43,44)39-30(42)26-13-14-27(37-29(26)40(31)22-24)41-19-15-28(38-41)45-20-18-32(16-17-32)33(34,35)36/h9-15,19,24H,3-8,16-18,20-22H2,1-2H3,(H,39,42). The number of ether oxygens (including phenoxy) is 1. The summed E-state index contributed by atoms with van der Waals surface area (Å²) in [6.45, 7) is 4.73. The maximum Gasteiger partial charge on any atom is 0.394 e. The van der Waals surface area contributed by atoms with E-state index in [0.717, 1.165) is 50.5 Å². The first-order valence-electron chi connectivity index (χ1n) is 16.0. The number of hydrogen-bond donors (Lipinski definition) is 1. The zero-order valence-electron chi connectivity index (χ0n) is 26.1. The van der Waals surface area contributed by atoms with E-state index in [9.17, 15) is 26.4 Å². The molecule has 3 aromatic rings. The van der Waals surface area contributed by atoms with Gasteiger partial charge in [-0.1, -0.05) is 31.4 Å². The number of fused-ring (bicyclic) bond motifs is 9. The van der Waals surface area contributed by atoms with E-state index in [1.165, 1.54) is 22.9 Å². The van der Waals surface area contributed by atoms with Crippen molar-refractivity contribution < 1.29 is 31.1 Å². The number of carbonyl (C=O) groups is 1. The summed E-state index contributed by atoms with van der Waals surface area (Å²) in [6, 6.07) is 11.3. The van der Waals surface area contributed by atoms with Crippen LogP contribution >= 0.6 is 0 Å². The topological polar surface area (TPSA) is 106 Å². The van der Waals surface area contributed by atoms with Crippen LogP contribution in [0.5, 0.6) is 5.88 Å². The monoisotopic (exact) mass is 659 g/mol. The number of benzene rings is 1. The van der Waals surface area contributed by atoms with Gasteiger partial charge in [-0.3, -0.25) is 4.79 Å². The number of carbonyl (C=O) groups excluding carboxylic acids is 1. The Morgan fingerprint density at radius 3 is 2.48 bits per heavy atom. The van der Waals surface area contributed by atoms with Crippen molar-refractivity contribution in [2.45, 2.75) is 94.7 Å². The number of alkyl halides is 3. The van der Waals surface area contributed by atoms with Crippen molar-refractivity contribution in [1.29, 1.82) is 0 Å². The molecule has 2 fully saturated rings. The van der Waals surface area contributed by atoms with Gasteiger partial charge in [0.15, 0.2) is 5.82 Å². The average molecular weight is 660 g/mol. The van der Waals surface area contributed by atoms with E-state index in [1.807, 2.05) is 0 Å². The predicted octanol–water partition coefficient (Wildman–Crippen LogP) is 6.61. The van der Waals surface area contributed by atoms with Crippen molar-refractivity contribution >= 4 is 21.7 Å². The number of anilines is 1. The number of hydrogen-bond acceptors (Lipinski definition) is 7. The number of nitrogens with one attached hydrogen (secondary N) is 1. The summed E-state index contributed by atoms with van der Waals surface area (Å²) in [5.41, 5.74) is -0.848. The highest BCUT2D eigenvalue weighted by Gasteiger charge is 2.62. The SMILES string of the molecule is CC1(C)CC2CCCCCCc3ccc(cc3)S(=O)(=O)NC(=O)c3ccc(-n4ccc(OCCC5(C(F)(F)F)CC5)n4)nc3N1C2. The van der Waals surface area contributed by atoms with Gasteiger partial charge >= 0.3 is 6.18 Å². The van der Waals surface area contributed by atoms with E-state index in [-0.39, 0.29) is 47.7 Å². The zero-order valence-corrected chi connectivity index (χ0v) is 27.0. The lowest BCUT2D eigenvalue weighted by atomic mass is 9.92. The minimum atomic E-state index is -4.25. The highest BCUT2D eigenvalue weighted by molar-refractivity contribution is 7.90. The van der Waals surface area contributed by atoms with Crippen molar-refractivity contribution in [3.8, 4) is 11.7 Å². The second-order valence-corrected chi connectivity index (χ2v) is 15.2. The molecule has 2 aromatic heterocycles. The van der Waals surface area contributed by atoms with E-state index in [4.69, 9.17) is 9.72 Å². The Kier molecular flexibility index (Phi) is 8.58. The smallest absolute Gasteiger partial charge is 0.394 e. The molecule has 4 bridgehead atoms. The van der Waals surface area contributed by atoms with Gasteiger partial charge in [-0.15, -0.1) is 5.10 Å². The van der Waals surface area contributed by atoms with Gasteiger partial charge in [0.25, 0.3) is 15.9 Å². The third-order valence-corrected chi connectivity index (χ3v) is 11.0. The lowest BCUT2D eigenvalue weighted by Gasteiger charge is -2.34. The number of pyridine rings is 1.